The minimum atomic E-state index is -1.13. The molecule has 2 amide bonds. The molecule has 9 heteroatoms. The van der Waals surface area contributed by atoms with Crippen LogP contribution in [0.3, 0.4) is 0 Å². The Hall–Kier alpha value is -2.81. The van der Waals surface area contributed by atoms with Gasteiger partial charge in [-0.25, -0.2) is 4.79 Å². The quantitative estimate of drug-likeness (QED) is 0.683. The van der Waals surface area contributed by atoms with Crippen molar-refractivity contribution in [2.75, 3.05) is 38.9 Å². The standard InChI is InChI=1S/C16H20N2O7/c1-10(19)17-12-8-15-14(24-9-25-15)7-11(12)13(20)3-4-18(16(21)22)5-6-23-2/h7-8H,3-6,9H2,1-2H3,(H,17,19)(H,21,22). The van der Waals surface area contributed by atoms with E-state index in [0.717, 1.165) is 4.90 Å². The van der Waals surface area contributed by atoms with Gasteiger partial charge < -0.3 is 29.5 Å². The van der Waals surface area contributed by atoms with Crippen LogP contribution in [0.5, 0.6) is 11.5 Å². The first-order valence-electron chi connectivity index (χ1n) is 7.63. The SMILES string of the molecule is COCCN(CCC(=O)c1cc2c(cc1NC(C)=O)OCO2)C(=O)O. The van der Waals surface area contributed by atoms with Crippen LogP contribution in [0.4, 0.5) is 10.5 Å². The maximum absolute atomic E-state index is 12.5. The van der Waals surface area contributed by atoms with Crippen molar-refractivity contribution in [1.82, 2.24) is 4.90 Å². The number of carboxylic acid groups (broad SMARTS) is 1. The van der Waals surface area contributed by atoms with Crippen molar-refractivity contribution in [2.24, 2.45) is 0 Å². The summed E-state index contributed by atoms with van der Waals surface area (Å²) in [5.74, 6) is 0.199. The highest BCUT2D eigenvalue weighted by Crippen LogP contribution is 2.37. The maximum Gasteiger partial charge on any atom is 0.407 e. The first-order valence-corrected chi connectivity index (χ1v) is 7.63. The zero-order valence-electron chi connectivity index (χ0n) is 14.0. The molecule has 0 fully saturated rings. The Morgan fingerprint density at radius 2 is 1.92 bits per heavy atom. The Morgan fingerprint density at radius 3 is 2.52 bits per heavy atom. The predicted octanol–water partition coefficient (Wildman–Crippen LogP) is 1.57. The largest absolute Gasteiger partial charge is 0.465 e. The van der Waals surface area contributed by atoms with Gasteiger partial charge in [0.2, 0.25) is 12.7 Å². The lowest BCUT2D eigenvalue weighted by atomic mass is 10.0. The van der Waals surface area contributed by atoms with Crippen molar-refractivity contribution in [3.63, 3.8) is 0 Å². The van der Waals surface area contributed by atoms with Crippen LogP contribution in [0.15, 0.2) is 12.1 Å². The smallest absolute Gasteiger partial charge is 0.407 e. The number of nitrogens with one attached hydrogen (secondary N) is 1. The van der Waals surface area contributed by atoms with Crippen LogP contribution < -0.4 is 14.8 Å². The summed E-state index contributed by atoms with van der Waals surface area (Å²) in [5, 5.41) is 11.7. The van der Waals surface area contributed by atoms with E-state index in [2.05, 4.69) is 5.32 Å². The summed E-state index contributed by atoms with van der Waals surface area (Å²) in [4.78, 5) is 36.2. The number of methoxy groups -OCH3 is 1. The predicted molar refractivity (Wildman–Crippen MR) is 87.3 cm³/mol. The molecule has 0 radical (unpaired) electrons. The molecule has 0 aromatic heterocycles. The minimum absolute atomic E-state index is 0.0193. The third kappa shape index (κ3) is 4.83. The molecule has 9 nitrogen and oxygen atoms in total. The lowest BCUT2D eigenvalue weighted by Gasteiger charge is -2.18. The van der Waals surface area contributed by atoms with Crippen molar-refractivity contribution in [2.45, 2.75) is 13.3 Å². The molecule has 0 aliphatic carbocycles. The molecule has 1 aromatic carbocycles. The molecule has 136 valence electrons. The van der Waals surface area contributed by atoms with E-state index < -0.39 is 6.09 Å². The molecular weight excluding hydrogens is 332 g/mol. The maximum atomic E-state index is 12.5. The minimum Gasteiger partial charge on any atom is -0.465 e. The van der Waals surface area contributed by atoms with Gasteiger partial charge in [0.05, 0.1) is 12.3 Å². The van der Waals surface area contributed by atoms with Gasteiger partial charge in [-0.15, -0.1) is 0 Å². The normalized spacial score (nSPS) is 11.9. The molecule has 1 aromatic rings. The van der Waals surface area contributed by atoms with Gasteiger partial charge in [0.25, 0.3) is 0 Å². The van der Waals surface area contributed by atoms with E-state index in [1.54, 1.807) is 0 Å². The number of hydrogen-bond donors (Lipinski definition) is 2. The molecular formula is C16H20N2O7. The van der Waals surface area contributed by atoms with Gasteiger partial charge in [-0.2, -0.15) is 0 Å². The highest BCUT2D eigenvalue weighted by molar-refractivity contribution is 6.05. The molecule has 2 N–H and O–H groups in total. The number of ether oxygens (including phenoxy) is 3. The van der Waals surface area contributed by atoms with Gasteiger partial charge in [0, 0.05) is 45.2 Å². The fraction of sp³-hybridized carbons (Fsp3) is 0.438. The number of amides is 2. The van der Waals surface area contributed by atoms with E-state index in [1.165, 1.54) is 26.2 Å². The first-order chi connectivity index (χ1) is 11.9. The summed E-state index contributed by atoms with van der Waals surface area (Å²) in [6.07, 6.45) is -1.17. The van der Waals surface area contributed by atoms with Gasteiger partial charge >= 0.3 is 6.09 Å². The molecule has 2 rings (SSSR count). The summed E-state index contributed by atoms with van der Waals surface area (Å²) in [6.45, 7) is 1.79. The van der Waals surface area contributed by atoms with Crippen LogP contribution in [0.25, 0.3) is 0 Å². The highest BCUT2D eigenvalue weighted by Gasteiger charge is 2.22. The molecule has 0 atom stereocenters. The second kappa shape index (κ2) is 8.34. The molecule has 0 unspecified atom stereocenters. The number of rotatable bonds is 8. The van der Waals surface area contributed by atoms with Crippen LogP contribution in [-0.2, 0) is 9.53 Å². The Morgan fingerprint density at radius 1 is 1.24 bits per heavy atom. The fourth-order valence-corrected chi connectivity index (χ4v) is 2.34. The van der Waals surface area contributed by atoms with Crippen LogP contribution >= 0.6 is 0 Å². The molecule has 0 spiro atoms. The number of hydrogen-bond acceptors (Lipinski definition) is 6. The summed E-state index contributed by atoms with van der Waals surface area (Å²) in [6, 6.07) is 3.02. The summed E-state index contributed by atoms with van der Waals surface area (Å²) in [5.41, 5.74) is 0.553. The van der Waals surface area contributed by atoms with E-state index in [-0.39, 0.29) is 50.2 Å². The third-order valence-electron chi connectivity index (χ3n) is 3.57. The molecule has 0 saturated heterocycles. The first kappa shape index (κ1) is 18.5. The number of Topliss-reactive ketones (excluding diaryl/α,β-unsaturated/α-hetero) is 1. The van der Waals surface area contributed by atoms with Crippen molar-refractivity contribution >= 4 is 23.5 Å². The number of carbonyl (C=O) groups is 3. The Kier molecular flexibility index (Phi) is 6.18. The average molecular weight is 352 g/mol. The third-order valence-corrected chi connectivity index (χ3v) is 3.57. The fourth-order valence-electron chi connectivity index (χ4n) is 2.34. The Bertz CT molecular complexity index is 675. The van der Waals surface area contributed by atoms with Gasteiger partial charge in [-0.1, -0.05) is 0 Å². The highest BCUT2D eigenvalue weighted by atomic mass is 16.7. The number of ketones is 1. The van der Waals surface area contributed by atoms with E-state index in [1.807, 2.05) is 0 Å². The topological polar surface area (TPSA) is 114 Å². The number of anilines is 1. The lowest BCUT2D eigenvalue weighted by Crippen LogP contribution is -2.34. The van der Waals surface area contributed by atoms with Crippen LogP contribution in [0.2, 0.25) is 0 Å². The lowest BCUT2D eigenvalue weighted by molar-refractivity contribution is -0.114. The summed E-state index contributed by atoms with van der Waals surface area (Å²) < 4.78 is 15.4. The molecule has 1 aliphatic heterocycles. The zero-order valence-corrected chi connectivity index (χ0v) is 14.0. The molecule has 0 saturated carbocycles. The van der Waals surface area contributed by atoms with Crippen molar-refractivity contribution in [3.05, 3.63) is 17.7 Å². The number of benzene rings is 1. The second-order valence-electron chi connectivity index (χ2n) is 5.37. The van der Waals surface area contributed by atoms with E-state index in [9.17, 15) is 14.4 Å². The van der Waals surface area contributed by atoms with Gasteiger partial charge in [0.1, 0.15) is 0 Å². The second-order valence-corrected chi connectivity index (χ2v) is 5.37. The zero-order chi connectivity index (χ0) is 18.4. The van der Waals surface area contributed by atoms with Crippen LogP contribution in [-0.4, -0.2) is 61.4 Å². The van der Waals surface area contributed by atoms with E-state index in [0.29, 0.717) is 17.2 Å². The van der Waals surface area contributed by atoms with Gasteiger partial charge in [-0.05, 0) is 6.07 Å². The Balaban J connectivity index is 2.14. The number of fused-ring (bicyclic) bond motifs is 1. The van der Waals surface area contributed by atoms with Crippen LogP contribution in [0.1, 0.15) is 23.7 Å². The van der Waals surface area contributed by atoms with Crippen molar-refractivity contribution in [1.29, 1.82) is 0 Å². The number of nitrogens with zero attached hydrogens (tertiary/aromatic N) is 1. The van der Waals surface area contributed by atoms with Crippen LogP contribution in [0, 0.1) is 0 Å². The van der Waals surface area contributed by atoms with Crippen molar-refractivity contribution in [3.8, 4) is 11.5 Å². The summed E-state index contributed by atoms with van der Waals surface area (Å²) in [7, 11) is 1.47. The summed E-state index contributed by atoms with van der Waals surface area (Å²) >= 11 is 0. The average Bonchev–Trinajstić information content (AvgIpc) is 3.00. The van der Waals surface area contributed by atoms with E-state index >= 15 is 0 Å². The molecule has 0 bridgehead atoms. The van der Waals surface area contributed by atoms with E-state index in [4.69, 9.17) is 19.3 Å². The monoisotopic (exact) mass is 352 g/mol. The molecule has 1 aliphatic rings. The molecule has 25 heavy (non-hydrogen) atoms. The van der Waals surface area contributed by atoms with Gasteiger partial charge in [-0.3, -0.25) is 9.59 Å². The Labute approximate surface area is 144 Å². The number of carbonyl (C=O) groups excluding carboxylic acids is 2. The van der Waals surface area contributed by atoms with Gasteiger partial charge in [0.15, 0.2) is 17.3 Å². The molecule has 1 heterocycles. The van der Waals surface area contributed by atoms with Crippen molar-refractivity contribution < 1.29 is 33.7 Å².